The second-order valence-corrected chi connectivity index (χ2v) is 2.93. The zero-order chi connectivity index (χ0) is 8.55. The first-order chi connectivity index (χ1) is 5.79. The highest BCUT2D eigenvalue weighted by Gasteiger charge is 1.99. The van der Waals surface area contributed by atoms with Gasteiger partial charge in [0.2, 0.25) is 5.95 Å². The van der Waals surface area contributed by atoms with Crippen molar-refractivity contribution in [2.45, 2.75) is 0 Å². The molecule has 0 spiro atoms. The molecule has 0 amide bonds. The number of nitrogens with one attached hydrogen (secondary N) is 2. The molecule has 0 bridgehead atoms. The standard InChI is InChI=1S/C8H8ClN3.2ClH/c1-10-8-11-6-3-2-5(9)4-7(6)12-8;;/h2-4H,1H3,(H2,10,11,12);2*1H. The molecule has 0 aliphatic carbocycles. The van der Waals surface area contributed by atoms with Crippen LogP contribution in [0.25, 0.3) is 11.0 Å². The van der Waals surface area contributed by atoms with Gasteiger partial charge in [-0.3, -0.25) is 0 Å². The monoisotopic (exact) mass is 253 g/mol. The van der Waals surface area contributed by atoms with Gasteiger partial charge in [-0.05, 0) is 18.2 Å². The summed E-state index contributed by atoms with van der Waals surface area (Å²) in [4.78, 5) is 7.33. The van der Waals surface area contributed by atoms with Crippen LogP contribution in [-0.2, 0) is 0 Å². The smallest absolute Gasteiger partial charge is 0.200 e. The molecule has 0 unspecified atom stereocenters. The fourth-order valence-corrected chi connectivity index (χ4v) is 1.27. The first kappa shape index (κ1) is 13.4. The predicted octanol–water partition coefficient (Wildman–Crippen LogP) is 3.10. The van der Waals surface area contributed by atoms with E-state index in [4.69, 9.17) is 11.6 Å². The molecule has 2 aromatic rings. The Morgan fingerprint density at radius 2 is 2.07 bits per heavy atom. The zero-order valence-corrected chi connectivity index (χ0v) is 9.76. The van der Waals surface area contributed by atoms with Crippen molar-refractivity contribution in [3.63, 3.8) is 0 Å². The number of nitrogens with zero attached hydrogens (tertiary/aromatic N) is 1. The SMILES string of the molecule is CNc1nc2ccc(Cl)cc2[nH]1.Cl.Cl. The number of halogens is 3. The van der Waals surface area contributed by atoms with Gasteiger partial charge in [0.1, 0.15) is 0 Å². The summed E-state index contributed by atoms with van der Waals surface area (Å²) in [5, 5.41) is 3.64. The van der Waals surface area contributed by atoms with E-state index in [1.54, 1.807) is 0 Å². The lowest BCUT2D eigenvalue weighted by atomic mass is 10.3. The molecule has 0 atom stereocenters. The van der Waals surface area contributed by atoms with Crippen LogP contribution in [0.5, 0.6) is 0 Å². The number of H-pyrrole nitrogens is 1. The van der Waals surface area contributed by atoms with Crippen molar-refractivity contribution in [2.24, 2.45) is 0 Å². The van der Waals surface area contributed by atoms with Crippen LogP contribution >= 0.6 is 36.4 Å². The van der Waals surface area contributed by atoms with Gasteiger partial charge in [0.25, 0.3) is 0 Å². The summed E-state index contributed by atoms with van der Waals surface area (Å²) in [6.07, 6.45) is 0. The number of hydrogen-bond acceptors (Lipinski definition) is 2. The van der Waals surface area contributed by atoms with Gasteiger partial charge in [0.15, 0.2) is 0 Å². The van der Waals surface area contributed by atoms with Crippen LogP contribution in [0.15, 0.2) is 18.2 Å². The van der Waals surface area contributed by atoms with Crippen molar-refractivity contribution in [3.8, 4) is 0 Å². The minimum Gasteiger partial charge on any atom is -0.359 e. The predicted molar refractivity (Wildman–Crippen MR) is 65.1 cm³/mol. The highest BCUT2D eigenvalue weighted by atomic mass is 35.5. The minimum atomic E-state index is 0. The van der Waals surface area contributed by atoms with Crippen LogP contribution < -0.4 is 5.32 Å². The number of aromatic amines is 1. The van der Waals surface area contributed by atoms with E-state index in [2.05, 4.69) is 15.3 Å². The van der Waals surface area contributed by atoms with Gasteiger partial charge in [0.05, 0.1) is 11.0 Å². The lowest BCUT2D eigenvalue weighted by Gasteiger charge is -1.87. The van der Waals surface area contributed by atoms with Crippen molar-refractivity contribution in [1.29, 1.82) is 0 Å². The van der Waals surface area contributed by atoms with Gasteiger partial charge >= 0.3 is 0 Å². The zero-order valence-electron chi connectivity index (χ0n) is 7.37. The summed E-state index contributed by atoms with van der Waals surface area (Å²) in [5.41, 5.74) is 1.87. The molecular formula is C8H10Cl3N3. The lowest BCUT2D eigenvalue weighted by molar-refractivity contribution is 1.28. The Labute approximate surface area is 99.1 Å². The number of benzene rings is 1. The number of anilines is 1. The van der Waals surface area contributed by atoms with Gasteiger partial charge in [-0.1, -0.05) is 11.6 Å². The van der Waals surface area contributed by atoms with E-state index in [0.29, 0.717) is 5.02 Å². The molecule has 14 heavy (non-hydrogen) atoms. The molecule has 2 N–H and O–H groups in total. The van der Waals surface area contributed by atoms with E-state index < -0.39 is 0 Å². The van der Waals surface area contributed by atoms with Crippen LogP contribution in [0.3, 0.4) is 0 Å². The molecule has 6 heteroatoms. The Bertz CT molecular complexity index is 413. The summed E-state index contributed by atoms with van der Waals surface area (Å²) in [6.45, 7) is 0. The van der Waals surface area contributed by atoms with E-state index in [-0.39, 0.29) is 24.8 Å². The van der Waals surface area contributed by atoms with Gasteiger partial charge < -0.3 is 10.3 Å². The summed E-state index contributed by atoms with van der Waals surface area (Å²) < 4.78 is 0. The average Bonchev–Trinajstić information content (AvgIpc) is 2.46. The third-order valence-corrected chi connectivity index (χ3v) is 1.92. The maximum atomic E-state index is 5.80. The first-order valence-electron chi connectivity index (χ1n) is 3.62. The Morgan fingerprint density at radius 1 is 1.36 bits per heavy atom. The van der Waals surface area contributed by atoms with Gasteiger partial charge in [-0.25, -0.2) is 4.98 Å². The van der Waals surface area contributed by atoms with E-state index >= 15 is 0 Å². The molecule has 1 aromatic heterocycles. The maximum Gasteiger partial charge on any atom is 0.200 e. The highest BCUT2D eigenvalue weighted by Crippen LogP contribution is 2.18. The number of imidazole rings is 1. The first-order valence-corrected chi connectivity index (χ1v) is 4.00. The molecule has 2 rings (SSSR count). The average molecular weight is 255 g/mol. The summed E-state index contributed by atoms with van der Waals surface area (Å²) in [7, 11) is 1.82. The molecule has 3 nitrogen and oxygen atoms in total. The molecular weight excluding hydrogens is 244 g/mol. The molecule has 0 aliphatic heterocycles. The third-order valence-electron chi connectivity index (χ3n) is 1.68. The van der Waals surface area contributed by atoms with Crippen LogP contribution in [0.2, 0.25) is 5.02 Å². The van der Waals surface area contributed by atoms with Crippen LogP contribution in [0, 0.1) is 0 Å². The highest BCUT2D eigenvalue weighted by molar-refractivity contribution is 6.31. The summed E-state index contributed by atoms with van der Waals surface area (Å²) in [6, 6.07) is 5.56. The van der Waals surface area contributed by atoms with Crippen LogP contribution in [0.1, 0.15) is 0 Å². The van der Waals surface area contributed by atoms with Crippen molar-refractivity contribution in [3.05, 3.63) is 23.2 Å². The number of fused-ring (bicyclic) bond motifs is 1. The Balaban J connectivity index is 0.000000845. The maximum absolute atomic E-state index is 5.80. The Hall–Kier alpha value is -0.640. The van der Waals surface area contributed by atoms with Crippen LogP contribution in [-0.4, -0.2) is 17.0 Å². The molecule has 0 saturated carbocycles. The second kappa shape index (κ2) is 5.29. The molecule has 0 fully saturated rings. The molecule has 0 saturated heterocycles. The normalized spacial score (nSPS) is 9.00. The van der Waals surface area contributed by atoms with Gasteiger partial charge in [-0.2, -0.15) is 0 Å². The molecule has 1 aromatic carbocycles. The van der Waals surface area contributed by atoms with E-state index in [9.17, 15) is 0 Å². The lowest BCUT2D eigenvalue weighted by Crippen LogP contribution is -1.88. The summed E-state index contributed by atoms with van der Waals surface area (Å²) >= 11 is 5.80. The van der Waals surface area contributed by atoms with Crippen molar-refractivity contribution in [2.75, 3.05) is 12.4 Å². The summed E-state index contributed by atoms with van der Waals surface area (Å²) in [5.74, 6) is 0.757. The molecule has 78 valence electrons. The minimum absolute atomic E-state index is 0. The molecule has 1 heterocycles. The fraction of sp³-hybridized carbons (Fsp3) is 0.125. The molecule has 0 aliphatic rings. The fourth-order valence-electron chi connectivity index (χ4n) is 1.10. The van der Waals surface area contributed by atoms with E-state index in [1.807, 2.05) is 25.2 Å². The van der Waals surface area contributed by atoms with Crippen molar-refractivity contribution >= 4 is 53.4 Å². The van der Waals surface area contributed by atoms with Gasteiger partial charge in [0, 0.05) is 12.1 Å². The Morgan fingerprint density at radius 3 is 2.71 bits per heavy atom. The largest absolute Gasteiger partial charge is 0.359 e. The van der Waals surface area contributed by atoms with Crippen LogP contribution in [0.4, 0.5) is 5.95 Å². The van der Waals surface area contributed by atoms with Crippen molar-refractivity contribution in [1.82, 2.24) is 9.97 Å². The third kappa shape index (κ3) is 2.44. The quantitative estimate of drug-likeness (QED) is 0.821. The number of rotatable bonds is 1. The van der Waals surface area contributed by atoms with Crippen molar-refractivity contribution < 1.29 is 0 Å². The number of aromatic nitrogens is 2. The molecule has 0 radical (unpaired) electrons. The van der Waals surface area contributed by atoms with Gasteiger partial charge in [-0.15, -0.1) is 24.8 Å². The number of hydrogen-bond donors (Lipinski definition) is 2. The van der Waals surface area contributed by atoms with E-state index in [0.717, 1.165) is 17.0 Å². The van der Waals surface area contributed by atoms with E-state index in [1.165, 1.54) is 0 Å². The Kier molecular flexibility index (Phi) is 5.05. The topological polar surface area (TPSA) is 40.7 Å². The second-order valence-electron chi connectivity index (χ2n) is 2.50.